The fourth-order valence-corrected chi connectivity index (χ4v) is 3.92. The Labute approximate surface area is 164 Å². The van der Waals surface area contributed by atoms with E-state index in [9.17, 15) is 4.79 Å². The standard InChI is InChI=1S/C22H31BN2O2/c1-22(2,3)27-21(26)25(19-13-11-18(24-23)12-14-19)20-15-17(20)10-9-16-7-5-4-6-8-16/h4-10,17-20,24H,11-15H2,1-3H3/b10-9+. The van der Waals surface area contributed by atoms with Crippen molar-refractivity contribution in [2.75, 3.05) is 0 Å². The zero-order valence-corrected chi connectivity index (χ0v) is 16.7. The van der Waals surface area contributed by atoms with Crippen LogP contribution in [0.2, 0.25) is 0 Å². The van der Waals surface area contributed by atoms with Gasteiger partial charge in [0.15, 0.2) is 7.98 Å². The van der Waals surface area contributed by atoms with Gasteiger partial charge in [-0.1, -0.05) is 42.5 Å². The monoisotopic (exact) mass is 366 g/mol. The van der Waals surface area contributed by atoms with Gasteiger partial charge < -0.3 is 14.9 Å². The van der Waals surface area contributed by atoms with Gasteiger partial charge in [-0.05, 0) is 70.4 Å². The van der Waals surface area contributed by atoms with Gasteiger partial charge in [0.25, 0.3) is 0 Å². The average Bonchev–Trinajstić information content (AvgIpc) is 3.39. The molecule has 5 heteroatoms. The van der Waals surface area contributed by atoms with Crippen LogP contribution < -0.4 is 5.23 Å². The lowest BCUT2D eigenvalue weighted by atomic mass is 9.89. The molecule has 0 aliphatic heterocycles. The Morgan fingerprint density at radius 3 is 2.44 bits per heavy atom. The molecule has 0 aromatic heterocycles. The second-order valence-corrected chi connectivity index (χ2v) is 8.80. The average molecular weight is 366 g/mol. The Bertz CT molecular complexity index is 648. The third kappa shape index (κ3) is 5.61. The highest BCUT2D eigenvalue weighted by Gasteiger charge is 2.47. The minimum atomic E-state index is -0.477. The first-order valence-electron chi connectivity index (χ1n) is 10.1. The van der Waals surface area contributed by atoms with Gasteiger partial charge in [0.1, 0.15) is 5.60 Å². The minimum Gasteiger partial charge on any atom is -0.444 e. The van der Waals surface area contributed by atoms with Gasteiger partial charge in [0, 0.05) is 12.1 Å². The Morgan fingerprint density at radius 2 is 1.85 bits per heavy atom. The summed E-state index contributed by atoms with van der Waals surface area (Å²) < 4.78 is 5.74. The first kappa shape index (κ1) is 20.0. The van der Waals surface area contributed by atoms with E-state index >= 15 is 0 Å². The highest BCUT2D eigenvalue weighted by atomic mass is 16.6. The van der Waals surface area contributed by atoms with Crippen LogP contribution in [-0.4, -0.2) is 42.7 Å². The number of hydrogen-bond acceptors (Lipinski definition) is 3. The van der Waals surface area contributed by atoms with Gasteiger partial charge >= 0.3 is 6.09 Å². The van der Waals surface area contributed by atoms with Crippen molar-refractivity contribution in [1.29, 1.82) is 0 Å². The molecule has 0 saturated heterocycles. The molecule has 4 nitrogen and oxygen atoms in total. The van der Waals surface area contributed by atoms with Crippen molar-refractivity contribution in [2.45, 2.75) is 76.6 Å². The van der Waals surface area contributed by atoms with Crippen LogP contribution in [0.3, 0.4) is 0 Å². The van der Waals surface area contributed by atoms with E-state index in [1.165, 1.54) is 5.56 Å². The van der Waals surface area contributed by atoms with Gasteiger partial charge in [-0.25, -0.2) is 4.79 Å². The van der Waals surface area contributed by atoms with Crippen molar-refractivity contribution in [3.63, 3.8) is 0 Å². The van der Waals surface area contributed by atoms with Crippen LogP contribution >= 0.6 is 0 Å². The summed E-state index contributed by atoms with van der Waals surface area (Å²) in [5.41, 5.74) is 0.719. The molecule has 144 valence electrons. The SMILES string of the molecule is [B]NC1CCC(N(C(=O)OC(C)(C)C)C2CC2/C=C/c2ccccc2)CC1. The summed E-state index contributed by atoms with van der Waals surface area (Å²) >= 11 is 0. The molecule has 0 bridgehead atoms. The third-order valence-corrected chi connectivity index (χ3v) is 5.43. The topological polar surface area (TPSA) is 41.6 Å². The van der Waals surface area contributed by atoms with E-state index in [0.29, 0.717) is 12.0 Å². The highest BCUT2D eigenvalue weighted by molar-refractivity contribution is 6.04. The second kappa shape index (κ2) is 8.51. The second-order valence-electron chi connectivity index (χ2n) is 8.80. The Morgan fingerprint density at radius 1 is 1.19 bits per heavy atom. The van der Waals surface area contributed by atoms with Crippen molar-refractivity contribution < 1.29 is 9.53 Å². The number of carbonyl (C=O) groups is 1. The lowest BCUT2D eigenvalue weighted by Crippen LogP contribution is -2.48. The predicted molar refractivity (Wildman–Crippen MR) is 110 cm³/mol. The molecule has 27 heavy (non-hydrogen) atoms. The van der Waals surface area contributed by atoms with E-state index in [1.54, 1.807) is 0 Å². The minimum absolute atomic E-state index is 0.174. The molecule has 0 spiro atoms. The van der Waals surface area contributed by atoms with Crippen LogP contribution in [0.25, 0.3) is 6.08 Å². The zero-order chi connectivity index (χ0) is 19.4. The van der Waals surface area contributed by atoms with Crippen LogP contribution in [0.5, 0.6) is 0 Å². The predicted octanol–water partition coefficient (Wildman–Crippen LogP) is 4.31. The summed E-state index contributed by atoms with van der Waals surface area (Å²) in [6, 6.07) is 11.1. The molecule has 2 fully saturated rings. The third-order valence-electron chi connectivity index (χ3n) is 5.43. The quantitative estimate of drug-likeness (QED) is 0.790. The first-order valence-corrected chi connectivity index (χ1v) is 10.1. The molecule has 1 amide bonds. The smallest absolute Gasteiger partial charge is 0.410 e. The molecule has 1 aromatic rings. The molecule has 2 aliphatic carbocycles. The molecule has 3 rings (SSSR count). The highest BCUT2D eigenvalue weighted by Crippen LogP contribution is 2.41. The number of rotatable bonds is 5. The number of amides is 1. The number of nitrogens with one attached hydrogen (secondary N) is 1. The number of ether oxygens (including phenoxy) is 1. The number of carbonyl (C=O) groups excluding carboxylic acids is 1. The van der Waals surface area contributed by atoms with E-state index in [0.717, 1.165) is 32.1 Å². The lowest BCUT2D eigenvalue weighted by molar-refractivity contribution is 0.00830. The maximum atomic E-state index is 12.9. The van der Waals surface area contributed by atoms with Crippen LogP contribution in [0.15, 0.2) is 36.4 Å². The van der Waals surface area contributed by atoms with Gasteiger partial charge in [-0.2, -0.15) is 0 Å². The van der Waals surface area contributed by atoms with E-state index in [1.807, 2.05) is 43.9 Å². The number of benzene rings is 1. The Hall–Kier alpha value is -1.75. The van der Waals surface area contributed by atoms with E-state index in [4.69, 9.17) is 12.7 Å². The van der Waals surface area contributed by atoms with Gasteiger partial charge in [0.05, 0.1) is 0 Å². The number of nitrogens with zero attached hydrogens (tertiary/aromatic N) is 1. The van der Waals surface area contributed by atoms with Crippen molar-refractivity contribution in [1.82, 2.24) is 10.1 Å². The molecular weight excluding hydrogens is 335 g/mol. The molecule has 2 radical (unpaired) electrons. The molecule has 2 saturated carbocycles. The van der Waals surface area contributed by atoms with E-state index in [-0.39, 0.29) is 18.2 Å². The normalized spacial score (nSPS) is 28.1. The summed E-state index contributed by atoms with van der Waals surface area (Å²) in [6.45, 7) is 5.79. The lowest BCUT2D eigenvalue weighted by Gasteiger charge is -2.38. The van der Waals surface area contributed by atoms with Crippen LogP contribution in [0.4, 0.5) is 4.79 Å². The van der Waals surface area contributed by atoms with E-state index in [2.05, 4.69) is 29.5 Å². The Balaban J connectivity index is 1.67. The summed E-state index contributed by atoms with van der Waals surface area (Å²) in [6.07, 6.45) is 9.18. The molecular formula is C22H31BN2O2. The molecule has 0 heterocycles. The number of hydrogen-bond donors (Lipinski definition) is 1. The summed E-state index contributed by atoms with van der Waals surface area (Å²) in [4.78, 5) is 15.0. The first-order chi connectivity index (χ1) is 12.9. The molecule has 1 aromatic carbocycles. The van der Waals surface area contributed by atoms with Crippen molar-refractivity contribution in [3.05, 3.63) is 42.0 Å². The van der Waals surface area contributed by atoms with Crippen molar-refractivity contribution in [3.8, 4) is 0 Å². The van der Waals surface area contributed by atoms with Crippen molar-refractivity contribution in [2.24, 2.45) is 5.92 Å². The Kier molecular flexibility index (Phi) is 6.31. The fourth-order valence-electron chi connectivity index (χ4n) is 3.92. The largest absolute Gasteiger partial charge is 0.444 e. The van der Waals surface area contributed by atoms with Gasteiger partial charge in [0.2, 0.25) is 0 Å². The molecule has 2 unspecified atom stereocenters. The molecule has 2 atom stereocenters. The molecule has 1 N–H and O–H groups in total. The van der Waals surface area contributed by atoms with Crippen LogP contribution in [-0.2, 0) is 4.74 Å². The summed E-state index contributed by atoms with van der Waals surface area (Å²) in [5.74, 6) is 0.406. The van der Waals surface area contributed by atoms with Crippen molar-refractivity contribution >= 4 is 20.2 Å². The van der Waals surface area contributed by atoms with Crippen LogP contribution in [0.1, 0.15) is 58.4 Å². The zero-order valence-electron chi connectivity index (χ0n) is 16.7. The maximum Gasteiger partial charge on any atom is 0.410 e. The maximum absolute atomic E-state index is 12.9. The van der Waals surface area contributed by atoms with Gasteiger partial charge in [-0.3, -0.25) is 0 Å². The summed E-state index contributed by atoms with van der Waals surface area (Å²) in [7, 11) is 5.59. The molecule has 2 aliphatic rings. The van der Waals surface area contributed by atoms with E-state index < -0.39 is 5.60 Å². The fraction of sp³-hybridized carbons (Fsp3) is 0.591. The summed E-state index contributed by atoms with van der Waals surface area (Å²) in [5, 5.41) is 2.88. The van der Waals surface area contributed by atoms with Crippen LogP contribution in [0, 0.1) is 5.92 Å². The van der Waals surface area contributed by atoms with Gasteiger partial charge in [-0.15, -0.1) is 0 Å².